The van der Waals surface area contributed by atoms with Crippen LogP contribution in [0.5, 0.6) is 0 Å². The average molecular weight is 210 g/mol. The van der Waals surface area contributed by atoms with Crippen LogP contribution in [0.25, 0.3) is 0 Å². The van der Waals surface area contributed by atoms with Crippen LogP contribution in [0.1, 0.15) is 46.5 Å². The predicted octanol–water partition coefficient (Wildman–Crippen LogP) is 1.99. The van der Waals surface area contributed by atoms with Gasteiger partial charge in [0.05, 0.1) is 6.54 Å². The highest BCUT2D eigenvalue weighted by Crippen LogP contribution is 2.07. The third-order valence-corrected chi connectivity index (χ3v) is 2.79. The molecule has 0 aromatic carbocycles. The Kier molecular flexibility index (Phi) is 4.27. The number of hydrogen-bond donors (Lipinski definition) is 1. The first-order valence-electron chi connectivity index (χ1n) is 5.64. The second-order valence-electron chi connectivity index (χ2n) is 4.66. The molecule has 0 aliphatic carbocycles. The normalized spacial score (nSPS) is 13.8. The molecule has 0 unspecified atom stereocenters. The van der Waals surface area contributed by atoms with Gasteiger partial charge in [-0.2, -0.15) is 0 Å². The first-order valence-corrected chi connectivity index (χ1v) is 5.64. The lowest BCUT2D eigenvalue weighted by molar-refractivity contribution is 0.412. The summed E-state index contributed by atoms with van der Waals surface area (Å²) >= 11 is 0. The monoisotopic (exact) mass is 210 g/mol. The van der Waals surface area contributed by atoms with E-state index in [1.807, 2.05) is 0 Å². The van der Waals surface area contributed by atoms with Gasteiger partial charge in [0.2, 0.25) is 0 Å². The Morgan fingerprint density at radius 1 is 1.27 bits per heavy atom. The number of aromatic nitrogens is 3. The van der Waals surface area contributed by atoms with E-state index in [1.54, 1.807) is 6.33 Å². The van der Waals surface area contributed by atoms with Crippen molar-refractivity contribution >= 4 is 0 Å². The fourth-order valence-electron chi connectivity index (χ4n) is 1.31. The van der Waals surface area contributed by atoms with Gasteiger partial charge in [0.15, 0.2) is 0 Å². The van der Waals surface area contributed by atoms with E-state index in [4.69, 9.17) is 0 Å². The molecule has 1 N–H and O–H groups in total. The van der Waals surface area contributed by atoms with Gasteiger partial charge in [0, 0.05) is 12.1 Å². The summed E-state index contributed by atoms with van der Waals surface area (Å²) in [6.07, 6.45) is 1.79. The summed E-state index contributed by atoms with van der Waals surface area (Å²) < 4.78 is 2.10. The number of rotatable bonds is 5. The lowest BCUT2D eigenvalue weighted by Crippen LogP contribution is -2.31. The van der Waals surface area contributed by atoms with Crippen molar-refractivity contribution in [3.05, 3.63) is 12.2 Å². The van der Waals surface area contributed by atoms with Crippen molar-refractivity contribution < 1.29 is 0 Å². The summed E-state index contributed by atoms with van der Waals surface area (Å²) in [5.41, 5.74) is 0. The molecule has 1 aromatic rings. The van der Waals surface area contributed by atoms with E-state index in [-0.39, 0.29) is 0 Å². The van der Waals surface area contributed by atoms with Crippen LogP contribution in [0.15, 0.2) is 6.33 Å². The smallest absolute Gasteiger partial charge is 0.147 e. The van der Waals surface area contributed by atoms with Crippen LogP contribution < -0.4 is 5.32 Å². The molecule has 1 atom stereocenters. The number of nitrogens with zero attached hydrogens (tertiary/aromatic N) is 3. The molecule has 4 nitrogen and oxygen atoms in total. The predicted molar refractivity (Wildman–Crippen MR) is 61.5 cm³/mol. The highest BCUT2D eigenvalue weighted by molar-refractivity contribution is 4.88. The van der Waals surface area contributed by atoms with Crippen molar-refractivity contribution in [2.75, 3.05) is 0 Å². The molecular weight excluding hydrogens is 188 g/mol. The summed E-state index contributed by atoms with van der Waals surface area (Å²) in [7, 11) is 0. The Hall–Kier alpha value is -0.900. The standard InChI is InChI=1S/C11H22N4/c1-8(2)10(5)12-6-11-14-13-7-15(11)9(3)4/h7-10,12H,6H2,1-5H3/t10-/m0/s1. The molecule has 0 saturated heterocycles. The van der Waals surface area contributed by atoms with Gasteiger partial charge in [-0.05, 0) is 26.7 Å². The minimum Gasteiger partial charge on any atom is -0.314 e. The molecule has 0 aliphatic rings. The molecule has 86 valence electrons. The average Bonchev–Trinajstić information content (AvgIpc) is 2.61. The lowest BCUT2D eigenvalue weighted by atomic mass is 10.1. The van der Waals surface area contributed by atoms with E-state index in [9.17, 15) is 0 Å². The van der Waals surface area contributed by atoms with E-state index < -0.39 is 0 Å². The first-order chi connectivity index (χ1) is 7.02. The zero-order valence-electron chi connectivity index (χ0n) is 10.4. The summed E-state index contributed by atoms with van der Waals surface area (Å²) in [6.45, 7) is 11.7. The highest BCUT2D eigenvalue weighted by atomic mass is 15.3. The molecule has 0 bridgehead atoms. The molecule has 0 aliphatic heterocycles. The third kappa shape index (κ3) is 3.30. The molecule has 0 amide bonds. The van der Waals surface area contributed by atoms with Gasteiger partial charge >= 0.3 is 0 Å². The molecular formula is C11H22N4. The maximum Gasteiger partial charge on any atom is 0.147 e. The minimum absolute atomic E-state index is 0.422. The largest absolute Gasteiger partial charge is 0.314 e. The minimum atomic E-state index is 0.422. The van der Waals surface area contributed by atoms with Crippen molar-refractivity contribution in [3.63, 3.8) is 0 Å². The van der Waals surface area contributed by atoms with Gasteiger partial charge in [0.25, 0.3) is 0 Å². The Morgan fingerprint density at radius 3 is 2.47 bits per heavy atom. The van der Waals surface area contributed by atoms with Gasteiger partial charge < -0.3 is 9.88 Å². The van der Waals surface area contributed by atoms with Gasteiger partial charge in [0.1, 0.15) is 12.2 Å². The zero-order valence-corrected chi connectivity index (χ0v) is 10.4. The van der Waals surface area contributed by atoms with Crippen LogP contribution in [0, 0.1) is 5.92 Å². The maximum atomic E-state index is 4.12. The van der Waals surface area contributed by atoms with E-state index in [0.717, 1.165) is 12.4 Å². The zero-order chi connectivity index (χ0) is 11.4. The van der Waals surface area contributed by atoms with Crippen LogP contribution in [0.4, 0.5) is 0 Å². The van der Waals surface area contributed by atoms with E-state index >= 15 is 0 Å². The molecule has 0 spiro atoms. The molecule has 15 heavy (non-hydrogen) atoms. The Morgan fingerprint density at radius 2 is 1.93 bits per heavy atom. The van der Waals surface area contributed by atoms with Crippen molar-refractivity contribution in [1.82, 2.24) is 20.1 Å². The van der Waals surface area contributed by atoms with Crippen molar-refractivity contribution in [3.8, 4) is 0 Å². The summed E-state index contributed by atoms with van der Waals surface area (Å²) in [5, 5.41) is 11.5. The van der Waals surface area contributed by atoms with Crippen LogP contribution in [0.3, 0.4) is 0 Å². The van der Waals surface area contributed by atoms with Gasteiger partial charge in [-0.1, -0.05) is 13.8 Å². The second-order valence-corrected chi connectivity index (χ2v) is 4.66. The molecule has 0 fully saturated rings. The lowest BCUT2D eigenvalue weighted by Gasteiger charge is -2.18. The van der Waals surface area contributed by atoms with Crippen molar-refractivity contribution in [2.24, 2.45) is 5.92 Å². The van der Waals surface area contributed by atoms with Gasteiger partial charge in [-0.3, -0.25) is 0 Å². The quantitative estimate of drug-likeness (QED) is 0.808. The molecule has 0 radical (unpaired) electrons. The molecule has 1 heterocycles. The first kappa shape index (κ1) is 12.2. The van der Waals surface area contributed by atoms with Crippen LogP contribution >= 0.6 is 0 Å². The van der Waals surface area contributed by atoms with Crippen LogP contribution in [0.2, 0.25) is 0 Å². The summed E-state index contributed by atoms with van der Waals surface area (Å²) in [6, 6.07) is 0.925. The Balaban J connectivity index is 2.54. The van der Waals surface area contributed by atoms with Crippen molar-refractivity contribution in [1.29, 1.82) is 0 Å². The molecule has 1 rings (SSSR count). The van der Waals surface area contributed by atoms with Gasteiger partial charge in [-0.25, -0.2) is 0 Å². The molecule has 0 saturated carbocycles. The Bertz CT molecular complexity index is 291. The number of nitrogens with one attached hydrogen (secondary N) is 1. The van der Waals surface area contributed by atoms with E-state index in [1.165, 1.54) is 0 Å². The molecule has 4 heteroatoms. The second kappa shape index (κ2) is 5.26. The van der Waals surface area contributed by atoms with Crippen LogP contribution in [-0.2, 0) is 6.54 Å². The number of hydrogen-bond acceptors (Lipinski definition) is 3. The fraction of sp³-hybridized carbons (Fsp3) is 0.818. The fourth-order valence-corrected chi connectivity index (χ4v) is 1.31. The van der Waals surface area contributed by atoms with Crippen LogP contribution in [-0.4, -0.2) is 20.8 Å². The third-order valence-electron chi connectivity index (χ3n) is 2.79. The highest BCUT2D eigenvalue weighted by Gasteiger charge is 2.10. The van der Waals surface area contributed by atoms with Crippen molar-refractivity contribution in [2.45, 2.75) is 53.2 Å². The van der Waals surface area contributed by atoms with E-state index in [2.05, 4.69) is 54.7 Å². The topological polar surface area (TPSA) is 42.7 Å². The molecule has 1 aromatic heterocycles. The Labute approximate surface area is 92.1 Å². The summed E-state index contributed by atoms with van der Waals surface area (Å²) in [4.78, 5) is 0. The van der Waals surface area contributed by atoms with E-state index in [0.29, 0.717) is 18.0 Å². The summed E-state index contributed by atoms with van der Waals surface area (Å²) in [5.74, 6) is 1.65. The SMILES string of the molecule is CC(C)[C@H](C)NCc1nncn1C(C)C. The van der Waals surface area contributed by atoms with Gasteiger partial charge in [-0.15, -0.1) is 10.2 Å². The maximum absolute atomic E-state index is 4.12.